The van der Waals surface area contributed by atoms with Gasteiger partial charge in [0.05, 0.1) is 34.0 Å². The molecule has 9 nitrogen and oxygen atoms in total. The molecule has 1 atom stereocenters. The lowest BCUT2D eigenvalue weighted by atomic mass is 10.1. The molecular formula is C19H23NO8S2. The average Bonchev–Trinajstić information content (AvgIpc) is 3.09. The van der Waals surface area contributed by atoms with E-state index in [-0.39, 0.29) is 20.2 Å². The molecule has 0 bridgehead atoms. The van der Waals surface area contributed by atoms with Crippen LogP contribution in [0.4, 0.5) is 0 Å². The number of methoxy groups -OCH3 is 4. The summed E-state index contributed by atoms with van der Waals surface area (Å²) in [5.41, 5.74) is 0.493. The maximum Gasteiger partial charge on any atom is 0.348 e. The third-order valence-electron chi connectivity index (χ3n) is 4.35. The fourth-order valence-corrected chi connectivity index (χ4v) is 5.81. The number of benzene rings is 1. The van der Waals surface area contributed by atoms with E-state index in [1.807, 2.05) is 0 Å². The molecule has 1 heterocycles. The van der Waals surface area contributed by atoms with E-state index >= 15 is 0 Å². The molecule has 30 heavy (non-hydrogen) atoms. The van der Waals surface area contributed by atoms with Gasteiger partial charge in [0.2, 0.25) is 0 Å². The highest BCUT2D eigenvalue weighted by Gasteiger charge is 2.33. The summed E-state index contributed by atoms with van der Waals surface area (Å²) >= 11 is 0.642. The zero-order valence-corrected chi connectivity index (χ0v) is 19.0. The van der Waals surface area contributed by atoms with Crippen LogP contribution in [0.25, 0.3) is 0 Å². The normalized spacial score (nSPS) is 12.2. The van der Waals surface area contributed by atoms with Crippen LogP contribution in [-0.4, -0.2) is 48.8 Å². The lowest BCUT2D eigenvalue weighted by Crippen LogP contribution is -2.28. The molecule has 2 aromatic rings. The topological polar surface area (TPSA) is 117 Å². The van der Waals surface area contributed by atoms with Crippen molar-refractivity contribution >= 4 is 33.3 Å². The molecule has 0 saturated carbocycles. The number of nitrogens with one attached hydrogen (secondary N) is 1. The third kappa shape index (κ3) is 4.58. The van der Waals surface area contributed by atoms with Crippen molar-refractivity contribution in [1.82, 2.24) is 4.72 Å². The molecule has 0 radical (unpaired) electrons. The summed E-state index contributed by atoms with van der Waals surface area (Å²) in [7, 11) is 1.04. The second-order valence-corrected chi connectivity index (χ2v) is 9.08. The van der Waals surface area contributed by atoms with Crippen LogP contribution in [0.1, 0.15) is 44.1 Å². The Bertz CT molecular complexity index is 1060. The van der Waals surface area contributed by atoms with Crippen LogP contribution in [0.5, 0.6) is 11.5 Å². The Morgan fingerprint density at radius 1 is 1.03 bits per heavy atom. The second kappa shape index (κ2) is 9.45. The molecule has 1 N–H and O–H groups in total. The molecule has 11 heteroatoms. The monoisotopic (exact) mass is 457 g/mol. The summed E-state index contributed by atoms with van der Waals surface area (Å²) in [5, 5.41) is 0. The number of rotatable bonds is 8. The first kappa shape index (κ1) is 23.6. The van der Waals surface area contributed by atoms with E-state index in [9.17, 15) is 18.0 Å². The van der Waals surface area contributed by atoms with Crippen molar-refractivity contribution in [1.29, 1.82) is 0 Å². The SMILES string of the molecule is COC(=O)c1sc(S(=O)(=O)NC(C)c2cc(OC)ccc2OC)c(C(=O)OC)c1C. The van der Waals surface area contributed by atoms with Crippen LogP contribution in [-0.2, 0) is 19.5 Å². The Hall–Kier alpha value is -2.63. The first-order valence-electron chi connectivity index (χ1n) is 8.65. The van der Waals surface area contributed by atoms with Crippen molar-refractivity contribution in [2.75, 3.05) is 28.4 Å². The van der Waals surface area contributed by atoms with Crippen molar-refractivity contribution in [3.05, 3.63) is 39.8 Å². The number of ether oxygens (including phenoxy) is 4. The lowest BCUT2D eigenvalue weighted by Gasteiger charge is -2.18. The van der Waals surface area contributed by atoms with Crippen LogP contribution < -0.4 is 14.2 Å². The summed E-state index contributed by atoms with van der Waals surface area (Å²) in [6.07, 6.45) is 0. The molecule has 0 aliphatic heterocycles. The highest BCUT2D eigenvalue weighted by atomic mass is 32.2. The van der Waals surface area contributed by atoms with E-state index in [1.165, 1.54) is 28.3 Å². The molecule has 1 aromatic heterocycles. The van der Waals surface area contributed by atoms with Crippen LogP contribution in [0, 0.1) is 6.92 Å². The standard InChI is InChI=1S/C19H23NO8S2/c1-10-15(17(21)27-5)19(29-16(10)18(22)28-6)30(23,24)20-11(2)13-9-12(25-3)7-8-14(13)26-4/h7-9,11,20H,1-6H3. The molecule has 1 unspecified atom stereocenters. The first-order chi connectivity index (χ1) is 14.1. The number of hydrogen-bond acceptors (Lipinski definition) is 9. The van der Waals surface area contributed by atoms with Crippen LogP contribution in [0.15, 0.2) is 22.4 Å². The van der Waals surface area contributed by atoms with Crippen LogP contribution in [0.2, 0.25) is 0 Å². The molecule has 1 aromatic carbocycles. The minimum atomic E-state index is -4.22. The maximum atomic E-state index is 13.2. The molecule has 0 saturated heterocycles. The van der Waals surface area contributed by atoms with E-state index in [2.05, 4.69) is 4.72 Å². The second-order valence-electron chi connectivity index (χ2n) is 6.15. The van der Waals surface area contributed by atoms with Crippen molar-refractivity contribution < 1.29 is 37.0 Å². The van der Waals surface area contributed by atoms with Gasteiger partial charge in [-0.05, 0) is 37.6 Å². The molecule has 0 aliphatic rings. The van der Waals surface area contributed by atoms with E-state index in [1.54, 1.807) is 25.1 Å². The van der Waals surface area contributed by atoms with Crippen molar-refractivity contribution in [2.24, 2.45) is 0 Å². The summed E-state index contributed by atoms with van der Waals surface area (Å²) in [5.74, 6) is -0.638. The van der Waals surface area contributed by atoms with Gasteiger partial charge in [-0.15, -0.1) is 11.3 Å². The van der Waals surface area contributed by atoms with E-state index in [0.29, 0.717) is 28.4 Å². The predicted octanol–water partition coefficient (Wildman–Crippen LogP) is 2.69. The van der Waals surface area contributed by atoms with Gasteiger partial charge < -0.3 is 18.9 Å². The predicted molar refractivity (Wildman–Crippen MR) is 110 cm³/mol. The highest BCUT2D eigenvalue weighted by Crippen LogP contribution is 2.35. The van der Waals surface area contributed by atoms with Gasteiger partial charge in [0.15, 0.2) is 4.21 Å². The van der Waals surface area contributed by atoms with Gasteiger partial charge in [0, 0.05) is 11.6 Å². The largest absolute Gasteiger partial charge is 0.497 e. The van der Waals surface area contributed by atoms with Gasteiger partial charge in [0.1, 0.15) is 16.4 Å². The van der Waals surface area contributed by atoms with Crippen LogP contribution >= 0.6 is 11.3 Å². The van der Waals surface area contributed by atoms with E-state index < -0.39 is 28.0 Å². The van der Waals surface area contributed by atoms with Gasteiger partial charge in [-0.2, -0.15) is 0 Å². The van der Waals surface area contributed by atoms with Gasteiger partial charge in [0.25, 0.3) is 10.0 Å². The fraction of sp³-hybridized carbons (Fsp3) is 0.368. The number of esters is 2. The zero-order valence-electron chi connectivity index (χ0n) is 17.4. The molecule has 0 fully saturated rings. The number of sulfonamides is 1. The molecule has 2 rings (SSSR count). The van der Waals surface area contributed by atoms with Crippen molar-refractivity contribution in [2.45, 2.75) is 24.1 Å². The quantitative estimate of drug-likeness (QED) is 0.601. The Morgan fingerprint density at radius 2 is 1.67 bits per heavy atom. The van der Waals surface area contributed by atoms with Crippen molar-refractivity contribution in [3.63, 3.8) is 0 Å². The fourth-order valence-electron chi connectivity index (χ4n) is 2.83. The summed E-state index contributed by atoms with van der Waals surface area (Å²) in [6.45, 7) is 3.08. The summed E-state index contributed by atoms with van der Waals surface area (Å²) in [6, 6.07) is 4.25. The Kier molecular flexibility index (Phi) is 7.45. The highest BCUT2D eigenvalue weighted by molar-refractivity contribution is 7.91. The van der Waals surface area contributed by atoms with Gasteiger partial charge >= 0.3 is 11.9 Å². The first-order valence-corrected chi connectivity index (χ1v) is 10.9. The van der Waals surface area contributed by atoms with E-state index in [4.69, 9.17) is 18.9 Å². The lowest BCUT2D eigenvalue weighted by molar-refractivity contribution is 0.0596. The van der Waals surface area contributed by atoms with Gasteiger partial charge in [-0.1, -0.05) is 0 Å². The molecule has 0 spiro atoms. The molecule has 0 amide bonds. The zero-order chi connectivity index (χ0) is 22.6. The number of hydrogen-bond donors (Lipinski definition) is 1. The minimum absolute atomic E-state index is 0.00453. The van der Waals surface area contributed by atoms with Gasteiger partial charge in [-0.3, -0.25) is 0 Å². The number of thiophene rings is 1. The Morgan fingerprint density at radius 3 is 2.20 bits per heavy atom. The molecular weight excluding hydrogens is 434 g/mol. The summed E-state index contributed by atoms with van der Waals surface area (Å²) in [4.78, 5) is 24.3. The van der Waals surface area contributed by atoms with Crippen LogP contribution in [0.3, 0.4) is 0 Å². The molecule has 0 aliphatic carbocycles. The molecule has 164 valence electrons. The average molecular weight is 458 g/mol. The van der Waals surface area contributed by atoms with Crippen molar-refractivity contribution in [3.8, 4) is 11.5 Å². The Labute approximate surface area is 179 Å². The minimum Gasteiger partial charge on any atom is -0.497 e. The number of carbonyl (C=O) groups is 2. The smallest absolute Gasteiger partial charge is 0.348 e. The third-order valence-corrected chi connectivity index (χ3v) is 7.69. The maximum absolute atomic E-state index is 13.2. The summed E-state index contributed by atoms with van der Waals surface area (Å²) < 4.78 is 48.4. The van der Waals surface area contributed by atoms with Gasteiger partial charge in [-0.25, -0.2) is 22.7 Å². The Balaban J connectivity index is 2.54. The van der Waals surface area contributed by atoms with E-state index in [0.717, 1.165) is 7.11 Å². The number of carbonyl (C=O) groups excluding carboxylic acids is 2.